The first-order valence-corrected chi connectivity index (χ1v) is 10.4. The first-order valence-electron chi connectivity index (χ1n) is 10.4. The number of nitrogens with one attached hydrogen (secondary N) is 1. The summed E-state index contributed by atoms with van der Waals surface area (Å²) in [5.74, 6) is 0.152. The lowest BCUT2D eigenvalue weighted by atomic mass is 10.1. The van der Waals surface area contributed by atoms with Gasteiger partial charge in [-0.15, -0.1) is 0 Å². The van der Waals surface area contributed by atoms with Crippen LogP contribution < -0.4 is 5.32 Å². The number of nitrogens with zero attached hydrogens (tertiary/aromatic N) is 1. The van der Waals surface area contributed by atoms with Crippen molar-refractivity contribution < 1.29 is 18.7 Å². The molecule has 2 heterocycles. The quantitative estimate of drug-likeness (QED) is 0.413. The largest absolute Gasteiger partial charge is 0.467 e. The number of hydrogen-bond donors (Lipinski definition) is 1. The van der Waals surface area contributed by atoms with Crippen LogP contribution in [-0.2, 0) is 11.3 Å². The van der Waals surface area contributed by atoms with Crippen LogP contribution in [0.3, 0.4) is 0 Å². The summed E-state index contributed by atoms with van der Waals surface area (Å²) in [6.07, 6.45) is 1.57. The van der Waals surface area contributed by atoms with Gasteiger partial charge in [0.15, 0.2) is 0 Å². The monoisotopic (exact) mass is 428 g/mol. The Hall–Kier alpha value is -4.06. The summed E-state index contributed by atoms with van der Waals surface area (Å²) in [6, 6.07) is 22.6. The first-order chi connectivity index (χ1) is 15.6. The van der Waals surface area contributed by atoms with Crippen molar-refractivity contribution in [2.24, 2.45) is 0 Å². The predicted octanol–water partition coefficient (Wildman–Crippen LogP) is 5.15. The Morgan fingerprint density at radius 1 is 1.00 bits per heavy atom. The molecule has 32 heavy (non-hydrogen) atoms. The number of hydrogen-bond acceptors (Lipinski definition) is 4. The van der Waals surface area contributed by atoms with Crippen molar-refractivity contribution in [2.75, 3.05) is 6.61 Å². The highest BCUT2D eigenvalue weighted by Gasteiger charge is 2.20. The van der Waals surface area contributed by atoms with E-state index in [4.69, 9.17) is 9.15 Å². The number of carbonyl (C=O) groups is 2. The van der Waals surface area contributed by atoms with Crippen molar-refractivity contribution in [1.82, 2.24) is 9.88 Å². The molecule has 2 aromatic carbocycles. The van der Waals surface area contributed by atoms with Crippen LogP contribution in [0.1, 0.15) is 39.1 Å². The van der Waals surface area contributed by atoms with Crippen molar-refractivity contribution in [2.45, 2.75) is 20.4 Å². The van der Waals surface area contributed by atoms with Gasteiger partial charge >= 0.3 is 5.97 Å². The molecule has 1 N–H and O–H groups in total. The number of esters is 1. The molecule has 4 aromatic rings. The Bertz CT molecular complexity index is 1210. The van der Waals surface area contributed by atoms with Crippen LogP contribution in [0.25, 0.3) is 16.9 Å². The summed E-state index contributed by atoms with van der Waals surface area (Å²) < 4.78 is 12.5. The summed E-state index contributed by atoms with van der Waals surface area (Å²) in [6.45, 7) is 4.32. The topological polar surface area (TPSA) is 73.5 Å². The molecule has 0 bridgehead atoms. The van der Waals surface area contributed by atoms with Crippen molar-refractivity contribution in [3.05, 3.63) is 102 Å². The lowest BCUT2D eigenvalue weighted by Gasteiger charge is -2.13. The van der Waals surface area contributed by atoms with E-state index in [0.717, 1.165) is 22.6 Å². The van der Waals surface area contributed by atoms with E-state index in [0.29, 0.717) is 30.0 Å². The minimum Gasteiger partial charge on any atom is -0.467 e. The summed E-state index contributed by atoms with van der Waals surface area (Å²) in [5, 5.41) is 2.84. The molecular weight excluding hydrogens is 404 g/mol. The molecule has 0 radical (unpaired) electrons. The molecule has 1 amide bonds. The van der Waals surface area contributed by atoms with Gasteiger partial charge in [-0.1, -0.05) is 30.3 Å². The molecule has 6 nitrogen and oxygen atoms in total. The van der Waals surface area contributed by atoms with E-state index in [9.17, 15) is 9.59 Å². The van der Waals surface area contributed by atoms with Crippen LogP contribution >= 0.6 is 0 Å². The van der Waals surface area contributed by atoms with Gasteiger partial charge in [-0.05, 0) is 61.9 Å². The number of rotatable bonds is 7. The van der Waals surface area contributed by atoms with Gasteiger partial charge in [-0.25, -0.2) is 4.79 Å². The third-order valence-electron chi connectivity index (χ3n) is 5.20. The van der Waals surface area contributed by atoms with Crippen molar-refractivity contribution in [3.63, 3.8) is 0 Å². The zero-order chi connectivity index (χ0) is 22.5. The second kappa shape index (κ2) is 9.39. The van der Waals surface area contributed by atoms with Crippen LogP contribution in [0.2, 0.25) is 0 Å². The van der Waals surface area contributed by atoms with Gasteiger partial charge in [0.1, 0.15) is 5.76 Å². The predicted molar refractivity (Wildman–Crippen MR) is 122 cm³/mol. The summed E-state index contributed by atoms with van der Waals surface area (Å²) in [7, 11) is 0. The molecule has 0 aliphatic carbocycles. The number of aromatic nitrogens is 1. The van der Waals surface area contributed by atoms with Gasteiger partial charge in [0.2, 0.25) is 0 Å². The minimum absolute atomic E-state index is 0.187. The zero-order valence-electron chi connectivity index (χ0n) is 18.0. The molecule has 0 aliphatic heterocycles. The minimum atomic E-state index is -0.352. The smallest absolute Gasteiger partial charge is 0.339 e. The Kier molecular flexibility index (Phi) is 6.22. The third-order valence-corrected chi connectivity index (χ3v) is 5.20. The third kappa shape index (κ3) is 4.34. The van der Waals surface area contributed by atoms with E-state index in [-0.39, 0.29) is 11.9 Å². The first kappa shape index (κ1) is 21.2. The van der Waals surface area contributed by atoms with Crippen molar-refractivity contribution >= 4 is 11.9 Å². The lowest BCUT2D eigenvalue weighted by molar-refractivity contribution is 0.0525. The van der Waals surface area contributed by atoms with Gasteiger partial charge in [-0.2, -0.15) is 0 Å². The molecule has 0 spiro atoms. The van der Waals surface area contributed by atoms with E-state index in [1.165, 1.54) is 0 Å². The highest BCUT2D eigenvalue weighted by atomic mass is 16.5. The molecule has 0 atom stereocenters. The van der Waals surface area contributed by atoms with Crippen molar-refractivity contribution in [1.29, 1.82) is 0 Å². The SMILES string of the molecule is CCOC(=O)c1cc(-c2ccccc2)n(-c2ccc(C(=O)NCc3ccco3)cc2)c1C. The van der Waals surface area contributed by atoms with Crippen LogP contribution in [0.4, 0.5) is 0 Å². The summed E-state index contributed by atoms with van der Waals surface area (Å²) in [4.78, 5) is 25.0. The molecular formula is C26H24N2O4. The molecule has 162 valence electrons. The van der Waals surface area contributed by atoms with Crippen LogP contribution in [0.5, 0.6) is 0 Å². The van der Waals surface area contributed by atoms with Crippen LogP contribution in [0, 0.1) is 6.92 Å². The number of ether oxygens (including phenoxy) is 1. The summed E-state index contributed by atoms with van der Waals surface area (Å²) >= 11 is 0. The maximum Gasteiger partial charge on any atom is 0.339 e. The number of carbonyl (C=O) groups excluding carboxylic acids is 2. The average molecular weight is 428 g/mol. The number of amides is 1. The second-order valence-electron chi connectivity index (χ2n) is 7.26. The molecule has 2 aromatic heterocycles. The average Bonchev–Trinajstić information content (AvgIpc) is 3.46. The van der Waals surface area contributed by atoms with Crippen LogP contribution in [0.15, 0.2) is 83.5 Å². The Balaban J connectivity index is 1.66. The number of benzene rings is 2. The molecule has 4 rings (SSSR count). The van der Waals surface area contributed by atoms with Crippen molar-refractivity contribution in [3.8, 4) is 16.9 Å². The van der Waals surface area contributed by atoms with Crippen LogP contribution in [-0.4, -0.2) is 23.1 Å². The fraction of sp³-hybridized carbons (Fsp3) is 0.154. The van der Waals surface area contributed by atoms with E-state index < -0.39 is 0 Å². The van der Waals surface area contributed by atoms with Gasteiger partial charge in [0.25, 0.3) is 5.91 Å². The highest BCUT2D eigenvalue weighted by molar-refractivity contribution is 5.95. The fourth-order valence-electron chi connectivity index (χ4n) is 3.62. The Morgan fingerprint density at radius 3 is 2.41 bits per heavy atom. The summed E-state index contributed by atoms with van der Waals surface area (Å²) in [5.41, 5.74) is 4.53. The highest BCUT2D eigenvalue weighted by Crippen LogP contribution is 2.30. The molecule has 0 aliphatic rings. The Labute approximate surface area is 186 Å². The van der Waals surface area contributed by atoms with E-state index >= 15 is 0 Å². The maximum atomic E-state index is 12.5. The van der Waals surface area contributed by atoms with E-state index in [1.807, 2.05) is 66.1 Å². The van der Waals surface area contributed by atoms with Gasteiger partial charge in [0, 0.05) is 16.9 Å². The molecule has 0 saturated carbocycles. The lowest BCUT2D eigenvalue weighted by Crippen LogP contribution is -2.22. The second-order valence-corrected chi connectivity index (χ2v) is 7.26. The van der Waals surface area contributed by atoms with Gasteiger partial charge < -0.3 is 19.0 Å². The van der Waals surface area contributed by atoms with E-state index in [1.54, 1.807) is 31.4 Å². The molecule has 0 unspecified atom stereocenters. The Morgan fingerprint density at radius 2 is 1.75 bits per heavy atom. The van der Waals surface area contributed by atoms with Gasteiger partial charge in [0.05, 0.1) is 30.7 Å². The molecule has 0 saturated heterocycles. The van der Waals surface area contributed by atoms with E-state index in [2.05, 4.69) is 5.32 Å². The standard InChI is InChI=1S/C26H24N2O4/c1-3-31-26(30)23-16-24(19-8-5-4-6-9-19)28(18(23)2)21-13-11-20(12-14-21)25(29)27-17-22-10-7-15-32-22/h4-16H,3,17H2,1-2H3,(H,27,29). The maximum absolute atomic E-state index is 12.5. The van der Waals surface area contributed by atoms with Gasteiger partial charge in [-0.3, -0.25) is 4.79 Å². The zero-order valence-corrected chi connectivity index (χ0v) is 18.0. The molecule has 0 fully saturated rings. The normalized spacial score (nSPS) is 10.7. The number of furan rings is 1. The molecule has 6 heteroatoms. The fourth-order valence-corrected chi connectivity index (χ4v) is 3.62.